The van der Waals surface area contributed by atoms with Gasteiger partial charge in [-0.15, -0.1) is 6.58 Å². The fourth-order valence-corrected chi connectivity index (χ4v) is 2.29. The van der Waals surface area contributed by atoms with Gasteiger partial charge in [0.2, 0.25) is 0 Å². The van der Waals surface area contributed by atoms with Crippen LogP contribution in [0, 0.1) is 11.3 Å². The molecule has 0 aliphatic heterocycles. The molecule has 0 heterocycles. The summed E-state index contributed by atoms with van der Waals surface area (Å²) in [5.74, 6) is 0.734. The molecule has 0 nitrogen and oxygen atoms in total. The largest absolute Gasteiger partial charge is 0.102 e. The molecule has 1 saturated carbocycles. The molecule has 2 atom stereocenters. The number of hydrogen-bond donors (Lipinski definition) is 0. The molecule has 2 aliphatic rings. The van der Waals surface area contributed by atoms with E-state index in [0.717, 1.165) is 5.92 Å². The van der Waals surface area contributed by atoms with Gasteiger partial charge in [0.15, 0.2) is 0 Å². The van der Waals surface area contributed by atoms with Crippen molar-refractivity contribution in [2.24, 2.45) is 11.3 Å². The molecule has 0 aromatic heterocycles. The van der Waals surface area contributed by atoms with Gasteiger partial charge in [0.1, 0.15) is 0 Å². The highest BCUT2D eigenvalue weighted by Crippen LogP contribution is 2.52. The molecule has 0 N–H and O–H groups in total. The van der Waals surface area contributed by atoms with Crippen molar-refractivity contribution in [2.75, 3.05) is 0 Å². The van der Waals surface area contributed by atoms with Crippen LogP contribution in [0.1, 0.15) is 19.8 Å². The smallest absolute Gasteiger partial charge is 0.0105 e. The first-order valence-corrected chi connectivity index (χ1v) is 4.28. The van der Waals surface area contributed by atoms with Crippen molar-refractivity contribution >= 4 is 0 Å². The lowest BCUT2D eigenvalue weighted by molar-refractivity contribution is 0.531. The van der Waals surface area contributed by atoms with E-state index in [1.165, 1.54) is 12.8 Å². The van der Waals surface area contributed by atoms with Gasteiger partial charge in [-0.2, -0.15) is 0 Å². The van der Waals surface area contributed by atoms with Crippen LogP contribution in [0.2, 0.25) is 0 Å². The zero-order valence-corrected chi connectivity index (χ0v) is 7.01. The van der Waals surface area contributed by atoms with E-state index in [4.69, 9.17) is 0 Å². The minimum absolute atomic E-state index is 0.340. The Bertz CT molecular complexity index is 245. The first-order chi connectivity index (χ1) is 5.29. The lowest BCUT2D eigenvalue weighted by Crippen LogP contribution is -2.06. The molecule has 11 heavy (non-hydrogen) atoms. The van der Waals surface area contributed by atoms with E-state index in [9.17, 15) is 0 Å². The van der Waals surface area contributed by atoms with E-state index in [1.807, 2.05) is 0 Å². The Morgan fingerprint density at radius 1 is 1.73 bits per heavy atom. The van der Waals surface area contributed by atoms with Crippen LogP contribution in [0.4, 0.5) is 0 Å². The summed E-state index contributed by atoms with van der Waals surface area (Å²) in [7, 11) is 0. The summed E-state index contributed by atoms with van der Waals surface area (Å²) in [6, 6.07) is 0. The quantitative estimate of drug-likeness (QED) is 0.499. The number of rotatable bonds is 1. The number of fused-ring (bicyclic) bond motifs is 2. The summed E-state index contributed by atoms with van der Waals surface area (Å²) in [5, 5.41) is 0. The summed E-state index contributed by atoms with van der Waals surface area (Å²) >= 11 is 0. The van der Waals surface area contributed by atoms with Crippen LogP contribution in [0.15, 0.2) is 36.5 Å². The van der Waals surface area contributed by atoms with Crippen molar-refractivity contribution in [3.05, 3.63) is 36.5 Å². The third-order valence-corrected chi connectivity index (χ3v) is 3.05. The number of hydrogen-bond acceptors (Lipinski definition) is 0. The summed E-state index contributed by atoms with van der Waals surface area (Å²) in [4.78, 5) is 0. The monoisotopic (exact) mass is 146 g/mol. The van der Waals surface area contributed by atoms with Crippen LogP contribution < -0.4 is 0 Å². The Balaban J connectivity index is 2.36. The van der Waals surface area contributed by atoms with Crippen LogP contribution >= 0.6 is 0 Å². The van der Waals surface area contributed by atoms with Crippen LogP contribution in [0.5, 0.6) is 0 Å². The second-order valence-corrected chi connectivity index (χ2v) is 3.65. The predicted molar refractivity (Wildman–Crippen MR) is 48.3 cm³/mol. The van der Waals surface area contributed by atoms with Gasteiger partial charge in [-0.1, -0.05) is 29.9 Å². The average molecular weight is 146 g/mol. The van der Waals surface area contributed by atoms with E-state index >= 15 is 0 Å². The van der Waals surface area contributed by atoms with Gasteiger partial charge in [-0.3, -0.25) is 0 Å². The molecule has 58 valence electrons. The molecule has 2 aliphatic carbocycles. The molecular weight excluding hydrogens is 132 g/mol. The van der Waals surface area contributed by atoms with Crippen molar-refractivity contribution < 1.29 is 0 Å². The molecule has 1 fully saturated rings. The Morgan fingerprint density at radius 3 is 3.00 bits per heavy atom. The fraction of sp³-hybridized carbons (Fsp3) is 0.455. The third kappa shape index (κ3) is 0.819. The normalized spacial score (nSPS) is 43.7. The van der Waals surface area contributed by atoms with E-state index in [1.54, 1.807) is 5.57 Å². The highest BCUT2D eigenvalue weighted by Gasteiger charge is 2.40. The zero-order valence-electron chi connectivity index (χ0n) is 7.01. The van der Waals surface area contributed by atoms with Crippen LogP contribution in [0.25, 0.3) is 0 Å². The van der Waals surface area contributed by atoms with Crippen LogP contribution in [0.3, 0.4) is 0 Å². The van der Waals surface area contributed by atoms with Gasteiger partial charge in [0.25, 0.3) is 0 Å². The summed E-state index contributed by atoms with van der Waals surface area (Å²) in [6.07, 6.45) is 11.5. The molecule has 0 aromatic carbocycles. The summed E-state index contributed by atoms with van der Waals surface area (Å²) in [5.41, 5.74) is 1.94. The topological polar surface area (TPSA) is 0 Å². The first-order valence-electron chi connectivity index (χ1n) is 4.28. The van der Waals surface area contributed by atoms with Gasteiger partial charge >= 0.3 is 0 Å². The second-order valence-electron chi connectivity index (χ2n) is 3.65. The second kappa shape index (κ2) is 2.10. The Morgan fingerprint density at radius 2 is 2.55 bits per heavy atom. The average Bonchev–Trinajstić information content (AvgIpc) is 2.61. The molecule has 0 heteroatoms. The van der Waals surface area contributed by atoms with Crippen LogP contribution in [-0.4, -0.2) is 0 Å². The number of allylic oxidation sites excluding steroid dienone is 5. The van der Waals surface area contributed by atoms with Gasteiger partial charge in [-0.25, -0.2) is 0 Å². The first kappa shape index (κ1) is 6.90. The predicted octanol–water partition coefficient (Wildman–Crippen LogP) is 3.08. The third-order valence-electron chi connectivity index (χ3n) is 3.05. The Kier molecular flexibility index (Phi) is 1.32. The molecule has 0 amide bonds. The lowest BCUT2D eigenvalue weighted by Gasteiger charge is -2.17. The van der Waals surface area contributed by atoms with E-state index < -0.39 is 0 Å². The molecule has 2 rings (SSSR count). The lowest BCUT2D eigenvalue weighted by atomic mass is 9.87. The van der Waals surface area contributed by atoms with Crippen molar-refractivity contribution in [3.8, 4) is 0 Å². The maximum absolute atomic E-state index is 3.90. The van der Waals surface area contributed by atoms with Crippen molar-refractivity contribution in [1.29, 1.82) is 0 Å². The molecule has 0 spiro atoms. The van der Waals surface area contributed by atoms with Gasteiger partial charge in [-0.05, 0) is 25.7 Å². The molecular formula is C11H14. The van der Waals surface area contributed by atoms with Gasteiger partial charge < -0.3 is 0 Å². The van der Waals surface area contributed by atoms with E-state index in [0.29, 0.717) is 5.41 Å². The SMILES string of the molecule is C=CC12C=CC(C1)C(=CC)C2. The van der Waals surface area contributed by atoms with Crippen LogP contribution in [-0.2, 0) is 0 Å². The van der Waals surface area contributed by atoms with Crippen molar-refractivity contribution in [1.82, 2.24) is 0 Å². The summed E-state index contributed by atoms with van der Waals surface area (Å²) < 4.78 is 0. The minimum Gasteiger partial charge on any atom is -0.102 e. The standard InChI is InChI=1S/C11H14/c1-3-9-7-11(4-2)6-5-10(9)8-11/h3-6,10H,2,7-8H2,1H3. The zero-order chi connectivity index (χ0) is 7.90. The Hall–Kier alpha value is -0.780. The maximum Gasteiger partial charge on any atom is 0.0105 e. The molecule has 2 bridgehead atoms. The highest BCUT2D eigenvalue weighted by molar-refractivity contribution is 5.35. The minimum atomic E-state index is 0.340. The Labute approximate surface area is 68.3 Å². The van der Waals surface area contributed by atoms with E-state index in [-0.39, 0.29) is 0 Å². The van der Waals surface area contributed by atoms with E-state index in [2.05, 4.69) is 37.8 Å². The van der Waals surface area contributed by atoms with Crippen molar-refractivity contribution in [2.45, 2.75) is 19.8 Å². The molecule has 2 unspecified atom stereocenters. The fourth-order valence-electron chi connectivity index (χ4n) is 2.29. The molecule has 0 aromatic rings. The molecule has 0 saturated heterocycles. The van der Waals surface area contributed by atoms with Gasteiger partial charge in [0.05, 0.1) is 0 Å². The molecule has 0 radical (unpaired) electrons. The maximum atomic E-state index is 3.90. The highest BCUT2D eigenvalue weighted by atomic mass is 14.4. The van der Waals surface area contributed by atoms with Gasteiger partial charge in [0, 0.05) is 5.41 Å². The van der Waals surface area contributed by atoms with Crippen molar-refractivity contribution in [3.63, 3.8) is 0 Å². The summed E-state index contributed by atoms with van der Waals surface area (Å²) in [6.45, 7) is 6.04.